The van der Waals surface area contributed by atoms with Gasteiger partial charge in [0.2, 0.25) is 11.5 Å². The van der Waals surface area contributed by atoms with Gasteiger partial charge in [-0.2, -0.15) is 26.3 Å². The number of aromatic amines is 1. The first kappa shape index (κ1) is 24.4. The number of benzene rings is 2. The fraction of sp³-hybridized carbons (Fsp3) is 0.385. The molecule has 5 rings (SSSR count). The predicted molar refractivity (Wildman–Crippen MR) is 122 cm³/mol. The van der Waals surface area contributed by atoms with Crippen LogP contribution in [-0.2, 0) is 23.6 Å². The Kier molecular flexibility index (Phi) is 5.50. The van der Waals surface area contributed by atoms with E-state index in [4.69, 9.17) is 0 Å². The smallest absolute Gasteiger partial charge is 0.325 e. The molecule has 3 aromatic rings. The number of fused-ring (bicyclic) bond motifs is 5. The molecule has 3 atom stereocenters. The number of alkyl halides is 6. The minimum atomic E-state index is -4.93. The topological polar surface area (TPSA) is 62.0 Å². The standard InChI is InChI=1S/C26H22F6N2O2/c1-24-11-10-14-15(3-8-20-16(14)4-9-22(35)33-20)17(24)6-7-19(24)23(36)34-21-12-13(25(27,28)29)2-5-18(21)26(30,31)32/h2-5,8-9,12,17,19H,6-7,10-11H2,1H3,(H,33,35)(H,34,36)/t17-,19?,24-/m0/s1. The third kappa shape index (κ3) is 3.96. The molecule has 0 saturated heterocycles. The minimum Gasteiger partial charge on any atom is -0.325 e. The number of aromatic nitrogens is 1. The van der Waals surface area contributed by atoms with Gasteiger partial charge in [-0.15, -0.1) is 0 Å². The van der Waals surface area contributed by atoms with E-state index in [1.54, 1.807) is 6.07 Å². The minimum absolute atomic E-state index is 0.0445. The Hall–Kier alpha value is -3.30. The number of carbonyl (C=O) groups is 1. The predicted octanol–water partition coefficient (Wildman–Crippen LogP) is 6.65. The number of H-pyrrole nitrogens is 1. The van der Waals surface area contributed by atoms with Crippen LogP contribution in [0.4, 0.5) is 32.0 Å². The summed E-state index contributed by atoms with van der Waals surface area (Å²) in [7, 11) is 0. The summed E-state index contributed by atoms with van der Waals surface area (Å²) < 4.78 is 80.1. The van der Waals surface area contributed by atoms with Gasteiger partial charge in [-0.1, -0.05) is 13.0 Å². The number of aryl methyl sites for hydroxylation is 1. The van der Waals surface area contributed by atoms with E-state index in [0.717, 1.165) is 16.5 Å². The lowest BCUT2D eigenvalue weighted by Gasteiger charge is -2.41. The fourth-order valence-electron chi connectivity index (χ4n) is 6.13. The number of halogens is 6. The van der Waals surface area contributed by atoms with Crippen molar-refractivity contribution in [1.82, 2.24) is 4.98 Å². The van der Waals surface area contributed by atoms with Crippen molar-refractivity contribution >= 4 is 22.5 Å². The van der Waals surface area contributed by atoms with Gasteiger partial charge in [-0.3, -0.25) is 9.59 Å². The highest BCUT2D eigenvalue weighted by atomic mass is 19.4. The third-order valence-corrected chi connectivity index (χ3v) is 7.90. The molecule has 1 saturated carbocycles. The molecular weight excluding hydrogens is 486 g/mol. The monoisotopic (exact) mass is 508 g/mol. The van der Waals surface area contributed by atoms with Gasteiger partial charge >= 0.3 is 12.4 Å². The van der Waals surface area contributed by atoms with E-state index in [9.17, 15) is 35.9 Å². The number of pyridine rings is 1. The van der Waals surface area contributed by atoms with Gasteiger partial charge in [0.25, 0.3) is 0 Å². The molecule has 2 aliphatic carbocycles. The molecule has 1 unspecified atom stereocenters. The van der Waals surface area contributed by atoms with Crippen LogP contribution in [0.25, 0.3) is 10.9 Å². The first-order valence-corrected chi connectivity index (χ1v) is 11.5. The van der Waals surface area contributed by atoms with Crippen LogP contribution in [0.5, 0.6) is 0 Å². The molecule has 10 heteroatoms. The van der Waals surface area contributed by atoms with Gasteiger partial charge in [-0.05, 0) is 78.5 Å². The Bertz CT molecular complexity index is 1420. The van der Waals surface area contributed by atoms with Crippen molar-refractivity contribution in [2.45, 2.75) is 50.9 Å². The maximum absolute atomic E-state index is 13.5. The van der Waals surface area contributed by atoms with Crippen molar-refractivity contribution in [2.24, 2.45) is 11.3 Å². The van der Waals surface area contributed by atoms with E-state index in [1.807, 2.05) is 19.1 Å². The third-order valence-electron chi connectivity index (χ3n) is 7.90. The van der Waals surface area contributed by atoms with Gasteiger partial charge in [0.15, 0.2) is 0 Å². The highest BCUT2D eigenvalue weighted by Gasteiger charge is 2.52. The number of hydrogen-bond donors (Lipinski definition) is 2. The molecule has 2 aromatic carbocycles. The second-order valence-electron chi connectivity index (χ2n) is 9.85. The SMILES string of the molecule is C[C@]12CCc3c(ccc4[nH]c(=O)ccc34)[C@@H]1CCC2C(=O)Nc1cc(C(F)(F)F)ccc1C(F)(F)F. The molecule has 0 radical (unpaired) electrons. The van der Waals surface area contributed by atoms with Crippen molar-refractivity contribution in [3.05, 3.63) is 75.1 Å². The van der Waals surface area contributed by atoms with Crippen LogP contribution in [-0.4, -0.2) is 10.9 Å². The van der Waals surface area contributed by atoms with Crippen LogP contribution in [0.2, 0.25) is 0 Å². The van der Waals surface area contributed by atoms with Crippen molar-refractivity contribution in [3.8, 4) is 0 Å². The second kappa shape index (κ2) is 8.11. The molecule has 2 N–H and O–H groups in total. The van der Waals surface area contributed by atoms with Crippen LogP contribution in [0.3, 0.4) is 0 Å². The molecule has 0 bridgehead atoms. The number of amides is 1. The quantitative estimate of drug-likeness (QED) is 0.381. The highest BCUT2D eigenvalue weighted by Crippen LogP contribution is 2.59. The lowest BCUT2D eigenvalue weighted by molar-refractivity contribution is -0.141. The van der Waals surface area contributed by atoms with E-state index in [2.05, 4.69) is 10.3 Å². The van der Waals surface area contributed by atoms with E-state index >= 15 is 0 Å². The number of carbonyl (C=O) groups excluding carboxylic acids is 1. The zero-order valence-electron chi connectivity index (χ0n) is 19.1. The summed E-state index contributed by atoms with van der Waals surface area (Å²) in [6, 6.07) is 8.01. The molecule has 1 fully saturated rings. The highest BCUT2D eigenvalue weighted by molar-refractivity contribution is 5.94. The fourth-order valence-corrected chi connectivity index (χ4v) is 6.13. The first-order valence-electron chi connectivity index (χ1n) is 11.5. The summed E-state index contributed by atoms with van der Waals surface area (Å²) >= 11 is 0. The zero-order chi connectivity index (χ0) is 26.0. The van der Waals surface area contributed by atoms with Crippen LogP contribution >= 0.6 is 0 Å². The zero-order valence-corrected chi connectivity index (χ0v) is 19.1. The van der Waals surface area contributed by atoms with Gasteiger partial charge in [-0.25, -0.2) is 0 Å². The van der Waals surface area contributed by atoms with E-state index in [0.29, 0.717) is 49.4 Å². The van der Waals surface area contributed by atoms with Gasteiger partial charge in [0.05, 0.1) is 16.8 Å². The summed E-state index contributed by atoms with van der Waals surface area (Å²) in [6.07, 6.45) is -7.58. The lowest BCUT2D eigenvalue weighted by atomic mass is 9.63. The van der Waals surface area contributed by atoms with Gasteiger partial charge in [0.1, 0.15) is 0 Å². The molecule has 0 aliphatic heterocycles. The van der Waals surface area contributed by atoms with Crippen molar-refractivity contribution in [2.75, 3.05) is 5.32 Å². The summed E-state index contributed by atoms with van der Waals surface area (Å²) in [6.45, 7) is 1.92. The summed E-state index contributed by atoms with van der Waals surface area (Å²) in [5.41, 5.74) is -1.45. The van der Waals surface area contributed by atoms with Crippen molar-refractivity contribution in [3.63, 3.8) is 0 Å². The van der Waals surface area contributed by atoms with Crippen molar-refractivity contribution in [1.29, 1.82) is 0 Å². The largest absolute Gasteiger partial charge is 0.418 e. The average molecular weight is 508 g/mol. The van der Waals surface area contributed by atoms with Crippen LogP contribution < -0.4 is 10.9 Å². The second-order valence-corrected chi connectivity index (χ2v) is 9.85. The number of anilines is 1. The van der Waals surface area contributed by atoms with Gasteiger partial charge in [0, 0.05) is 22.9 Å². The Morgan fingerprint density at radius 3 is 2.44 bits per heavy atom. The average Bonchev–Trinajstić information content (AvgIpc) is 3.14. The Balaban J connectivity index is 1.48. The van der Waals surface area contributed by atoms with E-state index in [-0.39, 0.29) is 11.5 Å². The van der Waals surface area contributed by atoms with Crippen LogP contribution in [0, 0.1) is 11.3 Å². The number of rotatable bonds is 2. The Morgan fingerprint density at radius 1 is 1.00 bits per heavy atom. The molecule has 0 spiro atoms. The van der Waals surface area contributed by atoms with Crippen LogP contribution in [0.15, 0.2) is 47.3 Å². The van der Waals surface area contributed by atoms with E-state index < -0.39 is 46.4 Å². The molecule has 190 valence electrons. The molecule has 1 heterocycles. The molecule has 4 nitrogen and oxygen atoms in total. The molecular formula is C26H22F6N2O2. The number of nitrogens with one attached hydrogen (secondary N) is 2. The van der Waals surface area contributed by atoms with Crippen molar-refractivity contribution < 1.29 is 31.1 Å². The van der Waals surface area contributed by atoms with E-state index in [1.165, 1.54) is 6.07 Å². The Labute approximate surface area is 201 Å². The molecule has 2 aliphatic rings. The molecule has 1 amide bonds. The van der Waals surface area contributed by atoms with Gasteiger partial charge < -0.3 is 10.3 Å². The normalized spacial score (nSPS) is 23.9. The summed E-state index contributed by atoms with van der Waals surface area (Å²) in [5, 5.41) is 3.11. The first-order chi connectivity index (χ1) is 16.8. The summed E-state index contributed by atoms with van der Waals surface area (Å²) in [5.74, 6) is -1.42. The molecule has 36 heavy (non-hydrogen) atoms. The molecule has 1 aromatic heterocycles. The maximum atomic E-state index is 13.5. The lowest BCUT2D eigenvalue weighted by Crippen LogP contribution is -2.38. The number of hydrogen-bond acceptors (Lipinski definition) is 2. The summed E-state index contributed by atoms with van der Waals surface area (Å²) in [4.78, 5) is 27.8. The maximum Gasteiger partial charge on any atom is 0.418 e. The Morgan fingerprint density at radius 2 is 1.75 bits per heavy atom. The van der Waals surface area contributed by atoms with Crippen LogP contribution in [0.1, 0.15) is 54.4 Å².